The summed E-state index contributed by atoms with van der Waals surface area (Å²) < 4.78 is 5.30. The molecule has 1 aliphatic heterocycles. The van der Waals surface area contributed by atoms with Crippen LogP contribution in [0.15, 0.2) is 42.7 Å². The molecule has 2 N–H and O–H groups in total. The Labute approximate surface area is 141 Å². The average molecular weight is 326 g/mol. The van der Waals surface area contributed by atoms with E-state index in [2.05, 4.69) is 20.6 Å². The van der Waals surface area contributed by atoms with Crippen LogP contribution in [0.1, 0.15) is 12.8 Å². The predicted molar refractivity (Wildman–Crippen MR) is 92.5 cm³/mol. The highest BCUT2D eigenvalue weighted by atomic mass is 16.5. The molecule has 0 bridgehead atoms. The standard InChI is InChI=1S/C18H22N4O2/c1-24-13-18(7-9-19-10-8-18)17(23)22-15-11-20-16(21-12-15)14-5-3-2-4-6-14/h2-6,11-12,19H,7-10,13H2,1H3,(H,22,23). The van der Waals surface area contributed by atoms with Gasteiger partial charge in [-0.3, -0.25) is 4.79 Å². The van der Waals surface area contributed by atoms with Crippen molar-refractivity contribution in [2.24, 2.45) is 5.41 Å². The van der Waals surface area contributed by atoms with Gasteiger partial charge in [0.05, 0.1) is 30.1 Å². The zero-order valence-electron chi connectivity index (χ0n) is 13.8. The first-order valence-electron chi connectivity index (χ1n) is 8.12. The average Bonchev–Trinajstić information content (AvgIpc) is 2.64. The van der Waals surface area contributed by atoms with Crippen molar-refractivity contribution in [3.8, 4) is 11.4 Å². The molecular weight excluding hydrogens is 304 g/mol. The summed E-state index contributed by atoms with van der Waals surface area (Å²) in [6.45, 7) is 2.06. The molecule has 3 rings (SSSR count). The van der Waals surface area contributed by atoms with Crippen LogP contribution >= 0.6 is 0 Å². The van der Waals surface area contributed by atoms with Crippen molar-refractivity contribution in [2.45, 2.75) is 12.8 Å². The van der Waals surface area contributed by atoms with Crippen molar-refractivity contribution in [1.82, 2.24) is 15.3 Å². The van der Waals surface area contributed by atoms with E-state index in [-0.39, 0.29) is 5.91 Å². The molecule has 0 atom stereocenters. The minimum atomic E-state index is -0.488. The van der Waals surface area contributed by atoms with E-state index in [1.807, 2.05) is 30.3 Å². The fourth-order valence-corrected chi connectivity index (χ4v) is 3.01. The molecule has 24 heavy (non-hydrogen) atoms. The van der Waals surface area contributed by atoms with Crippen LogP contribution < -0.4 is 10.6 Å². The maximum Gasteiger partial charge on any atom is 0.233 e. The van der Waals surface area contributed by atoms with E-state index in [1.165, 1.54) is 0 Å². The van der Waals surface area contributed by atoms with Gasteiger partial charge in [-0.05, 0) is 25.9 Å². The zero-order valence-corrected chi connectivity index (χ0v) is 13.8. The van der Waals surface area contributed by atoms with Gasteiger partial charge in [0.2, 0.25) is 5.91 Å². The predicted octanol–water partition coefficient (Wildman–Crippen LogP) is 2.10. The SMILES string of the molecule is COCC1(C(=O)Nc2cnc(-c3ccccc3)nc2)CCNCC1. The van der Waals surface area contributed by atoms with Crippen molar-refractivity contribution >= 4 is 11.6 Å². The molecule has 0 aliphatic carbocycles. The van der Waals surface area contributed by atoms with E-state index in [4.69, 9.17) is 4.74 Å². The van der Waals surface area contributed by atoms with Crippen molar-refractivity contribution in [3.63, 3.8) is 0 Å². The number of carbonyl (C=O) groups is 1. The van der Waals surface area contributed by atoms with Crippen molar-refractivity contribution in [3.05, 3.63) is 42.7 Å². The normalized spacial score (nSPS) is 16.5. The number of hydrogen-bond acceptors (Lipinski definition) is 5. The highest BCUT2D eigenvalue weighted by Crippen LogP contribution is 2.30. The van der Waals surface area contributed by atoms with Crippen LogP contribution in [0, 0.1) is 5.41 Å². The molecule has 1 aromatic carbocycles. The second kappa shape index (κ2) is 7.51. The van der Waals surface area contributed by atoms with Gasteiger partial charge in [0.1, 0.15) is 0 Å². The van der Waals surface area contributed by atoms with E-state index < -0.39 is 5.41 Å². The Bertz CT molecular complexity index is 662. The Morgan fingerprint density at radius 1 is 1.21 bits per heavy atom. The molecule has 6 nitrogen and oxygen atoms in total. The minimum absolute atomic E-state index is 0.0260. The molecule has 6 heteroatoms. The van der Waals surface area contributed by atoms with E-state index in [9.17, 15) is 4.79 Å². The Hall–Kier alpha value is -2.31. The molecular formula is C18H22N4O2. The van der Waals surface area contributed by atoms with Crippen LogP contribution in [0.5, 0.6) is 0 Å². The molecule has 1 fully saturated rings. The first-order valence-corrected chi connectivity index (χ1v) is 8.12. The number of methoxy groups -OCH3 is 1. The number of ether oxygens (including phenoxy) is 1. The molecule has 2 heterocycles. The van der Waals surface area contributed by atoms with Gasteiger partial charge in [-0.15, -0.1) is 0 Å². The molecule has 1 aromatic heterocycles. The third kappa shape index (κ3) is 3.60. The minimum Gasteiger partial charge on any atom is -0.384 e. The monoisotopic (exact) mass is 326 g/mol. The van der Waals surface area contributed by atoms with Gasteiger partial charge >= 0.3 is 0 Å². The summed E-state index contributed by atoms with van der Waals surface area (Å²) in [7, 11) is 1.63. The maximum atomic E-state index is 12.8. The lowest BCUT2D eigenvalue weighted by Crippen LogP contribution is -2.47. The van der Waals surface area contributed by atoms with Gasteiger partial charge in [0.25, 0.3) is 0 Å². The van der Waals surface area contributed by atoms with Gasteiger partial charge in [0.15, 0.2) is 5.82 Å². The summed E-state index contributed by atoms with van der Waals surface area (Å²) in [4.78, 5) is 21.5. The summed E-state index contributed by atoms with van der Waals surface area (Å²) in [5.41, 5.74) is 1.07. The molecule has 0 spiro atoms. The third-order valence-corrected chi connectivity index (χ3v) is 4.40. The molecule has 0 saturated carbocycles. The number of hydrogen-bond donors (Lipinski definition) is 2. The molecule has 1 aliphatic rings. The number of aromatic nitrogens is 2. The highest BCUT2D eigenvalue weighted by Gasteiger charge is 2.39. The molecule has 0 unspecified atom stereocenters. The molecule has 0 radical (unpaired) electrons. The number of carbonyl (C=O) groups excluding carboxylic acids is 1. The molecule has 1 saturated heterocycles. The summed E-state index contributed by atoms with van der Waals surface area (Å²) in [6.07, 6.45) is 4.81. The van der Waals surface area contributed by atoms with Crippen molar-refractivity contribution in [2.75, 3.05) is 32.1 Å². The van der Waals surface area contributed by atoms with Crippen LogP contribution in [0.4, 0.5) is 5.69 Å². The summed E-state index contributed by atoms with van der Waals surface area (Å²) in [5, 5.41) is 6.23. The molecule has 126 valence electrons. The van der Waals surface area contributed by atoms with Crippen LogP contribution in [0.2, 0.25) is 0 Å². The quantitative estimate of drug-likeness (QED) is 0.880. The van der Waals surface area contributed by atoms with E-state index in [0.717, 1.165) is 31.5 Å². The van der Waals surface area contributed by atoms with Crippen LogP contribution in [-0.2, 0) is 9.53 Å². The van der Waals surface area contributed by atoms with Gasteiger partial charge in [0, 0.05) is 12.7 Å². The fourth-order valence-electron chi connectivity index (χ4n) is 3.01. The van der Waals surface area contributed by atoms with E-state index in [1.54, 1.807) is 19.5 Å². The lowest BCUT2D eigenvalue weighted by molar-refractivity contribution is -0.130. The van der Waals surface area contributed by atoms with Gasteiger partial charge in [-0.25, -0.2) is 9.97 Å². The summed E-state index contributed by atoms with van der Waals surface area (Å²) >= 11 is 0. The van der Waals surface area contributed by atoms with Gasteiger partial charge < -0.3 is 15.4 Å². The van der Waals surface area contributed by atoms with Gasteiger partial charge in [-0.1, -0.05) is 30.3 Å². The first kappa shape index (κ1) is 16.5. The molecule has 2 aromatic rings. The topological polar surface area (TPSA) is 76.1 Å². The number of amides is 1. The largest absolute Gasteiger partial charge is 0.384 e. The second-order valence-electron chi connectivity index (χ2n) is 6.08. The number of piperidine rings is 1. The van der Waals surface area contributed by atoms with Gasteiger partial charge in [-0.2, -0.15) is 0 Å². The number of nitrogens with one attached hydrogen (secondary N) is 2. The van der Waals surface area contributed by atoms with Crippen molar-refractivity contribution in [1.29, 1.82) is 0 Å². The number of benzene rings is 1. The lowest BCUT2D eigenvalue weighted by atomic mass is 9.78. The van der Waals surface area contributed by atoms with Crippen LogP contribution in [0.3, 0.4) is 0 Å². The first-order chi connectivity index (χ1) is 11.7. The number of anilines is 1. The van der Waals surface area contributed by atoms with E-state index >= 15 is 0 Å². The summed E-state index contributed by atoms with van der Waals surface area (Å²) in [5.74, 6) is 0.615. The Kier molecular flexibility index (Phi) is 5.17. The van der Waals surface area contributed by atoms with Crippen molar-refractivity contribution < 1.29 is 9.53 Å². The fraction of sp³-hybridized carbons (Fsp3) is 0.389. The Balaban J connectivity index is 1.72. The third-order valence-electron chi connectivity index (χ3n) is 4.40. The zero-order chi connectivity index (χ0) is 16.8. The number of rotatable bonds is 5. The Morgan fingerprint density at radius 3 is 2.50 bits per heavy atom. The maximum absolute atomic E-state index is 12.8. The highest BCUT2D eigenvalue weighted by molar-refractivity contribution is 5.95. The second-order valence-corrected chi connectivity index (χ2v) is 6.08. The summed E-state index contributed by atoms with van der Waals surface area (Å²) in [6, 6.07) is 9.75. The van der Waals surface area contributed by atoms with E-state index in [0.29, 0.717) is 18.1 Å². The number of nitrogens with zero attached hydrogens (tertiary/aromatic N) is 2. The molecule has 1 amide bonds. The Morgan fingerprint density at radius 2 is 1.88 bits per heavy atom. The lowest BCUT2D eigenvalue weighted by Gasteiger charge is -2.35. The van der Waals surface area contributed by atoms with Crippen LogP contribution in [-0.4, -0.2) is 42.7 Å². The smallest absolute Gasteiger partial charge is 0.233 e. The van der Waals surface area contributed by atoms with Crippen LogP contribution in [0.25, 0.3) is 11.4 Å².